The Bertz CT molecular complexity index is 559. The van der Waals surface area contributed by atoms with Crippen LogP contribution in [0.4, 0.5) is 17.6 Å². The number of rotatable bonds is 4. The van der Waals surface area contributed by atoms with Gasteiger partial charge in [0.2, 0.25) is 0 Å². The minimum absolute atomic E-state index is 0.0854. The van der Waals surface area contributed by atoms with E-state index in [2.05, 4.69) is 6.92 Å². The average molecular weight is 328 g/mol. The van der Waals surface area contributed by atoms with E-state index in [4.69, 9.17) is 0 Å². The molecule has 2 aliphatic carbocycles. The van der Waals surface area contributed by atoms with Gasteiger partial charge in [-0.1, -0.05) is 45.1 Å². The van der Waals surface area contributed by atoms with Crippen LogP contribution >= 0.6 is 0 Å². The van der Waals surface area contributed by atoms with Gasteiger partial charge in [0.15, 0.2) is 11.6 Å². The van der Waals surface area contributed by atoms with E-state index in [0.717, 1.165) is 31.7 Å². The fraction of sp³-hybridized carbons (Fsp3) is 0.684. The van der Waals surface area contributed by atoms with Crippen molar-refractivity contribution in [2.24, 2.45) is 17.8 Å². The third-order valence-electron chi connectivity index (χ3n) is 5.85. The molecule has 0 radical (unpaired) electrons. The summed E-state index contributed by atoms with van der Waals surface area (Å²) in [4.78, 5) is 0. The summed E-state index contributed by atoms with van der Waals surface area (Å²) in [5.74, 6) is -6.09. The van der Waals surface area contributed by atoms with Crippen LogP contribution < -0.4 is 0 Å². The summed E-state index contributed by atoms with van der Waals surface area (Å²) in [6.45, 7) is 2.16. The van der Waals surface area contributed by atoms with Crippen LogP contribution in [-0.4, -0.2) is 0 Å². The predicted octanol–water partition coefficient (Wildman–Crippen LogP) is 6.23. The van der Waals surface area contributed by atoms with Gasteiger partial charge in [-0.25, -0.2) is 17.6 Å². The second kappa shape index (κ2) is 6.45. The first kappa shape index (κ1) is 16.8. The van der Waals surface area contributed by atoms with Crippen molar-refractivity contribution in [2.75, 3.05) is 0 Å². The highest BCUT2D eigenvalue weighted by Gasteiger charge is 2.53. The summed E-state index contributed by atoms with van der Waals surface area (Å²) in [7, 11) is 0. The van der Waals surface area contributed by atoms with E-state index in [1.807, 2.05) is 0 Å². The van der Waals surface area contributed by atoms with Crippen molar-refractivity contribution in [3.05, 3.63) is 34.9 Å². The number of halogens is 4. The van der Waals surface area contributed by atoms with Crippen LogP contribution in [0.25, 0.3) is 0 Å². The van der Waals surface area contributed by atoms with Crippen LogP contribution in [0.2, 0.25) is 0 Å². The second-order valence-corrected chi connectivity index (χ2v) is 7.25. The van der Waals surface area contributed by atoms with Crippen molar-refractivity contribution in [3.8, 4) is 0 Å². The molecule has 128 valence electrons. The lowest BCUT2D eigenvalue weighted by atomic mass is 9.73. The Morgan fingerprint density at radius 3 is 2.43 bits per heavy atom. The van der Waals surface area contributed by atoms with Crippen LogP contribution in [0.15, 0.2) is 12.1 Å². The number of hydrogen-bond donors (Lipinski definition) is 0. The highest BCUT2D eigenvalue weighted by molar-refractivity contribution is 5.39. The van der Waals surface area contributed by atoms with Crippen LogP contribution in [0, 0.1) is 29.4 Å². The number of unbranched alkanes of at least 4 members (excludes halogenated alkanes) is 1. The smallest absolute Gasteiger partial charge is 0.204 e. The fourth-order valence-corrected chi connectivity index (χ4v) is 4.51. The monoisotopic (exact) mass is 328 g/mol. The fourth-order valence-electron chi connectivity index (χ4n) is 4.51. The zero-order valence-electron chi connectivity index (χ0n) is 13.6. The average Bonchev–Trinajstić information content (AvgIpc) is 2.81. The molecule has 0 bridgehead atoms. The molecule has 0 nitrogen and oxygen atoms in total. The van der Waals surface area contributed by atoms with Gasteiger partial charge in [-0.15, -0.1) is 0 Å². The highest BCUT2D eigenvalue weighted by atomic mass is 19.3. The molecule has 0 heterocycles. The lowest BCUT2D eigenvalue weighted by Gasteiger charge is -2.34. The van der Waals surface area contributed by atoms with Crippen molar-refractivity contribution in [3.63, 3.8) is 0 Å². The van der Waals surface area contributed by atoms with Crippen LogP contribution in [0.1, 0.15) is 63.0 Å². The lowest BCUT2D eigenvalue weighted by molar-refractivity contribution is -0.0843. The van der Waals surface area contributed by atoms with E-state index in [0.29, 0.717) is 5.92 Å². The maximum absolute atomic E-state index is 14.7. The van der Waals surface area contributed by atoms with Gasteiger partial charge in [-0.05, 0) is 42.7 Å². The molecule has 2 aliphatic rings. The topological polar surface area (TPSA) is 0 Å². The van der Waals surface area contributed by atoms with E-state index in [-0.39, 0.29) is 17.9 Å². The molecule has 1 saturated carbocycles. The van der Waals surface area contributed by atoms with Crippen LogP contribution in [0.5, 0.6) is 0 Å². The Morgan fingerprint density at radius 1 is 1.09 bits per heavy atom. The van der Waals surface area contributed by atoms with Crippen LogP contribution in [0.3, 0.4) is 0 Å². The summed E-state index contributed by atoms with van der Waals surface area (Å²) < 4.78 is 56.7. The Balaban J connectivity index is 1.73. The zero-order valence-corrected chi connectivity index (χ0v) is 13.6. The van der Waals surface area contributed by atoms with E-state index in [1.54, 1.807) is 0 Å². The van der Waals surface area contributed by atoms with Gasteiger partial charge < -0.3 is 0 Å². The normalized spacial score (nSPS) is 29.5. The van der Waals surface area contributed by atoms with Crippen molar-refractivity contribution in [1.29, 1.82) is 0 Å². The van der Waals surface area contributed by atoms with E-state index in [9.17, 15) is 17.6 Å². The quantitative estimate of drug-likeness (QED) is 0.575. The predicted molar refractivity (Wildman–Crippen MR) is 82.4 cm³/mol. The van der Waals surface area contributed by atoms with Gasteiger partial charge in [0.25, 0.3) is 5.92 Å². The van der Waals surface area contributed by atoms with Crippen LogP contribution in [-0.2, 0) is 12.3 Å². The van der Waals surface area contributed by atoms with E-state index < -0.39 is 29.0 Å². The maximum atomic E-state index is 14.7. The molecule has 0 amide bonds. The first-order valence-corrected chi connectivity index (χ1v) is 8.80. The van der Waals surface area contributed by atoms with Gasteiger partial charge in [-0.2, -0.15) is 0 Å². The minimum atomic E-state index is -3.25. The molecular formula is C19H24F4. The van der Waals surface area contributed by atoms with Gasteiger partial charge >= 0.3 is 0 Å². The Morgan fingerprint density at radius 2 is 1.78 bits per heavy atom. The third-order valence-corrected chi connectivity index (χ3v) is 5.85. The molecule has 0 saturated heterocycles. The number of benzene rings is 1. The summed E-state index contributed by atoms with van der Waals surface area (Å²) >= 11 is 0. The molecule has 3 rings (SSSR count). The standard InChI is InChI=1S/C19H24F4/c1-2-3-4-12-5-7-13(8-6-12)15-11-14-9-10-16(20)18(21)17(14)19(15,22)23/h9-10,12-13,15H,2-8,11H2,1H3/t12?,13?,15-/m1/s1. The molecule has 0 N–H and O–H groups in total. The molecule has 0 unspecified atom stereocenters. The molecule has 0 spiro atoms. The zero-order chi connectivity index (χ0) is 16.6. The third kappa shape index (κ3) is 3.01. The molecule has 0 aliphatic heterocycles. The number of hydrogen-bond acceptors (Lipinski definition) is 0. The molecule has 23 heavy (non-hydrogen) atoms. The Labute approximate surface area is 135 Å². The number of fused-ring (bicyclic) bond motifs is 1. The first-order valence-electron chi connectivity index (χ1n) is 8.80. The first-order chi connectivity index (χ1) is 10.9. The Kier molecular flexibility index (Phi) is 4.70. The molecule has 0 aromatic heterocycles. The molecule has 1 atom stereocenters. The summed E-state index contributed by atoms with van der Waals surface area (Å²) in [6.07, 6.45) is 7.27. The largest absolute Gasteiger partial charge is 0.279 e. The second-order valence-electron chi connectivity index (χ2n) is 7.25. The Hall–Kier alpha value is -1.06. The molecule has 1 aromatic carbocycles. The van der Waals surface area contributed by atoms with Gasteiger partial charge in [-0.3, -0.25) is 0 Å². The lowest BCUT2D eigenvalue weighted by Crippen LogP contribution is -2.31. The summed E-state index contributed by atoms with van der Waals surface area (Å²) in [5, 5.41) is 0. The maximum Gasteiger partial charge on any atom is 0.279 e. The molecular weight excluding hydrogens is 304 g/mol. The van der Waals surface area contributed by atoms with Gasteiger partial charge in [0, 0.05) is 5.92 Å². The SMILES string of the molecule is CCCCC1CCC([C@H]2Cc3ccc(F)c(F)c3C2(F)F)CC1. The van der Waals surface area contributed by atoms with Crippen molar-refractivity contribution >= 4 is 0 Å². The highest BCUT2D eigenvalue weighted by Crippen LogP contribution is 2.53. The van der Waals surface area contributed by atoms with Crippen molar-refractivity contribution < 1.29 is 17.6 Å². The molecule has 4 heteroatoms. The van der Waals surface area contributed by atoms with E-state index >= 15 is 0 Å². The van der Waals surface area contributed by atoms with Gasteiger partial charge in [0.1, 0.15) is 0 Å². The summed E-state index contributed by atoms with van der Waals surface area (Å²) in [6, 6.07) is 2.29. The van der Waals surface area contributed by atoms with Crippen molar-refractivity contribution in [2.45, 2.75) is 64.2 Å². The minimum Gasteiger partial charge on any atom is -0.204 e. The van der Waals surface area contributed by atoms with Crippen molar-refractivity contribution in [1.82, 2.24) is 0 Å². The molecule has 1 fully saturated rings. The van der Waals surface area contributed by atoms with Gasteiger partial charge in [0.05, 0.1) is 5.56 Å². The summed E-state index contributed by atoms with van der Waals surface area (Å²) in [5.41, 5.74) is -0.400. The van der Waals surface area contributed by atoms with E-state index in [1.165, 1.54) is 25.3 Å². The number of alkyl halides is 2. The molecule has 1 aromatic rings.